The Balaban J connectivity index is 1.91. The Hall–Kier alpha value is 0.310. The average molecular weight is 199 g/mol. The van der Waals surface area contributed by atoms with Crippen LogP contribution in [-0.2, 0) is 0 Å². The van der Waals surface area contributed by atoms with Gasteiger partial charge in [-0.15, -0.1) is 11.8 Å². The van der Waals surface area contributed by atoms with E-state index in [2.05, 4.69) is 23.6 Å². The summed E-state index contributed by atoms with van der Waals surface area (Å²) in [5.74, 6) is 3.69. The lowest BCUT2D eigenvalue weighted by molar-refractivity contribution is 0.124. The van der Waals surface area contributed by atoms with Crippen LogP contribution < -0.4 is 0 Å². The van der Waals surface area contributed by atoms with E-state index in [9.17, 15) is 0 Å². The first kappa shape index (κ1) is 9.85. The Kier molecular flexibility index (Phi) is 3.56. The van der Waals surface area contributed by atoms with Gasteiger partial charge in [-0.2, -0.15) is 0 Å². The van der Waals surface area contributed by atoms with Crippen LogP contribution in [0.5, 0.6) is 0 Å². The van der Waals surface area contributed by atoms with Crippen molar-refractivity contribution in [3.8, 4) is 0 Å². The monoisotopic (exact) mass is 199 g/mol. The minimum atomic E-state index is 0.942. The molecule has 2 saturated heterocycles. The van der Waals surface area contributed by atoms with Gasteiger partial charge in [-0.05, 0) is 37.4 Å². The summed E-state index contributed by atoms with van der Waals surface area (Å²) in [6.45, 7) is 3.73. The Bertz CT molecular complexity index is 160. The molecule has 0 unspecified atom stereocenters. The van der Waals surface area contributed by atoms with Crippen molar-refractivity contribution in [3.63, 3.8) is 0 Å². The van der Waals surface area contributed by atoms with Crippen LogP contribution in [0.4, 0.5) is 0 Å². The summed E-state index contributed by atoms with van der Waals surface area (Å²) in [6.07, 6.45) is 7.25. The number of hydrogen-bond donors (Lipinski definition) is 0. The molecular formula is C11H21NS. The highest BCUT2D eigenvalue weighted by Crippen LogP contribution is 2.30. The van der Waals surface area contributed by atoms with Crippen LogP contribution in [0.2, 0.25) is 0 Å². The topological polar surface area (TPSA) is 3.24 Å². The summed E-state index contributed by atoms with van der Waals surface area (Å²) in [5.41, 5.74) is 0. The zero-order chi connectivity index (χ0) is 9.10. The van der Waals surface area contributed by atoms with Crippen LogP contribution in [0.3, 0.4) is 0 Å². The van der Waals surface area contributed by atoms with Gasteiger partial charge in [-0.1, -0.05) is 13.3 Å². The third-order valence-electron chi connectivity index (χ3n) is 3.58. The number of nitrogens with zero attached hydrogens (tertiary/aromatic N) is 1. The van der Waals surface area contributed by atoms with E-state index in [4.69, 9.17) is 0 Å². The minimum absolute atomic E-state index is 0.942. The molecule has 0 N–H and O–H groups in total. The van der Waals surface area contributed by atoms with Gasteiger partial charge in [0.05, 0.1) is 0 Å². The van der Waals surface area contributed by atoms with E-state index >= 15 is 0 Å². The highest BCUT2D eigenvalue weighted by Gasteiger charge is 2.27. The second-order valence-electron chi connectivity index (χ2n) is 4.46. The Morgan fingerprint density at radius 2 is 2.23 bits per heavy atom. The molecule has 0 aliphatic carbocycles. The molecule has 2 aliphatic rings. The van der Waals surface area contributed by atoms with E-state index in [0.717, 1.165) is 12.0 Å². The molecule has 76 valence electrons. The molecule has 0 aromatic heterocycles. The summed E-state index contributed by atoms with van der Waals surface area (Å²) >= 11 is 2.14. The molecule has 0 saturated carbocycles. The van der Waals surface area contributed by atoms with Crippen LogP contribution >= 0.6 is 11.8 Å². The fourth-order valence-electron chi connectivity index (χ4n) is 2.60. The van der Waals surface area contributed by atoms with Crippen LogP contribution in [0.15, 0.2) is 0 Å². The van der Waals surface area contributed by atoms with E-state index in [0.29, 0.717) is 0 Å². The van der Waals surface area contributed by atoms with Crippen molar-refractivity contribution in [2.45, 2.75) is 45.1 Å². The van der Waals surface area contributed by atoms with Crippen molar-refractivity contribution in [2.24, 2.45) is 5.92 Å². The standard InChI is InChI=1S/C11H21NS/c1-2-10-5-6-11-4-3-7-13-9-12(11)8-10/h10-11H,2-9H2,1H3/t10-,11+/m1/s1. The van der Waals surface area contributed by atoms with E-state index in [1.165, 1.54) is 50.3 Å². The highest BCUT2D eigenvalue weighted by atomic mass is 32.2. The van der Waals surface area contributed by atoms with Crippen LogP contribution in [0.1, 0.15) is 39.0 Å². The van der Waals surface area contributed by atoms with Gasteiger partial charge in [0.2, 0.25) is 0 Å². The van der Waals surface area contributed by atoms with Crippen LogP contribution in [-0.4, -0.2) is 29.1 Å². The lowest BCUT2D eigenvalue weighted by Gasteiger charge is -2.38. The quantitative estimate of drug-likeness (QED) is 0.639. The Morgan fingerprint density at radius 1 is 1.31 bits per heavy atom. The van der Waals surface area contributed by atoms with E-state index in [1.807, 2.05) is 0 Å². The summed E-state index contributed by atoms with van der Waals surface area (Å²) in [6, 6.07) is 0.942. The lowest BCUT2D eigenvalue weighted by atomic mass is 9.90. The summed E-state index contributed by atoms with van der Waals surface area (Å²) in [4.78, 5) is 2.75. The van der Waals surface area contributed by atoms with Gasteiger partial charge in [-0.3, -0.25) is 4.90 Å². The van der Waals surface area contributed by atoms with Crippen molar-refractivity contribution >= 4 is 11.8 Å². The van der Waals surface area contributed by atoms with E-state index in [-0.39, 0.29) is 0 Å². The van der Waals surface area contributed by atoms with Gasteiger partial charge in [0.1, 0.15) is 0 Å². The number of rotatable bonds is 1. The SMILES string of the molecule is CC[C@@H]1CC[C@@H]2CCCSCN2C1. The van der Waals surface area contributed by atoms with Gasteiger partial charge in [0, 0.05) is 18.5 Å². The van der Waals surface area contributed by atoms with E-state index < -0.39 is 0 Å². The molecule has 2 aliphatic heterocycles. The first-order chi connectivity index (χ1) is 6.40. The third-order valence-corrected chi connectivity index (χ3v) is 4.67. The van der Waals surface area contributed by atoms with Gasteiger partial charge in [0.25, 0.3) is 0 Å². The number of piperidine rings is 1. The number of thioether (sulfide) groups is 1. The summed E-state index contributed by atoms with van der Waals surface area (Å²) < 4.78 is 0. The van der Waals surface area contributed by atoms with Crippen molar-refractivity contribution in [2.75, 3.05) is 18.2 Å². The zero-order valence-electron chi connectivity index (χ0n) is 8.67. The van der Waals surface area contributed by atoms with Crippen molar-refractivity contribution < 1.29 is 0 Å². The van der Waals surface area contributed by atoms with Gasteiger partial charge in [0.15, 0.2) is 0 Å². The largest absolute Gasteiger partial charge is 0.291 e. The van der Waals surface area contributed by atoms with Crippen molar-refractivity contribution in [1.29, 1.82) is 0 Å². The molecule has 2 atom stereocenters. The normalized spacial score (nSPS) is 36.7. The smallest absolute Gasteiger partial charge is 0.0447 e. The zero-order valence-corrected chi connectivity index (χ0v) is 9.48. The first-order valence-corrected chi connectivity index (χ1v) is 6.87. The maximum absolute atomic E-state index is 2.75. The molecule has 0 radical (unpaired) electrons. The molecule has 0 spiro atoms. The molecule has 2 heteroatoms. The van der Waals surface area contributed by atoms with Crippen molar-refractivity contribution in [3.05, 3.63) is 0 Å². The highest BCUT2D eigenvalue weighted by molar-refractivity contribution is 7.99. The van der Waals surface area contributed by atoms with Crippen LogP contribution in [0, 0.1) is 5.92 Å². The molecule has 1 nitrogen and oxygen atoms in total. The molecule has 0 amide bonds. The number of hydrogen-bond acceptors (Lipinski definition) is 2. The Morgan fingerprint density at radius 3 is 3.08 bits per heavy atom. The maximum Gasteiger partial charge on any atom is 0.0447 e. The van der Waals surface area contributed by atoms with Crippen molar-refractivity contribution in [1.82, 2.24) is 4.90 Å². The molecule has 0 aromatic rings. The third kappa shape index (κ3) is 2.41. The molecule has 2 fully saturated rings. The fraction of sp³-hybridized carbons (Fsp3) is 1.00. The second-order valence-corrected chi connectivity index (χ2v) is 5.53. The maximum atomic E-state index is 2.75. The molecule has 13 heavy (non-hydrogen) atoms. The van der Waals surface area contributed by atoms with Gasteiger partial charge < -0.3 is 0 Å². The van der Waals surface area contributed by atoms with Gasteiger partial charge in [-0.25, -0.2) is 0 Å². The minimum Gasteiger partial charge on any atom is -0.291 e. The first-order valence-electron chi connectivity index (χ1n) is 5.72. The molecule has 0 bridgehead atoms. The van der Waals surface area contributed by atoms with Gasteiger partial charge >= 0.3 is 0 Å². The summed E-state index contributed by atoms with van der Waals surface area (Å²) in [5, 5.41) is 0. The predicted molar refractivity (Wildman–Crippen MR) is 60.1 cm³/mol. The molecule has 0 aromatic carbocycles. The molecule has 2 heterocycles. The number of fused-ring (bicyclic) bond motifs is 1. The van der Waals surface area contributed by atoms with E-state index in [1.54, 1.807) is 0 Å². The Labute approximate surface area is 86.3 Å². The summed E-state index contributed by atoms with van der Waals surface area (Å²) in [7, 11) is 0. The molecule has 2 rings (SSSR count). The lowest BCUT2D eigenvalue weighted by Crippen LogP contribution is -2.42. The predicted octanol–water partition coefficient (Wildman–Crippen LogP) is 2.96. The molecular weight excluding hydrogens is 178 g/mol. The van der Waals surface area contributed by atoms with Crippen LogP contribution in [0.25, 0.3) is 0 Å². The fourth-order valence-corrected chi connectivity index (χ4v) is 3.65. The second kappa shape index (κ2) is 4.70. The average Bonchev–Trinajstić information content (AvgIpc) is 2.41.